The maximum Gasteiger partial charge on any atom is 0.360 e. The number of hydrogen-bond donors (Lipinski definition) is 1. The van der Waals surface area contributed by atoms with Gasteiger partial charge < -0.3 is 19.5 Å². The summed E-state index contributed by atoms with van der Waals surface area (Å²) in [6, 6.07) is 0. The van der Waals surface area contributed by atoms with Crippen LogP contribution >= 0.6 is 24.0 Å². The summed E-state index contributed by atoms with van der Waals surface area (Å²) in [6.45, 7) is 3.90. The third-order valence-electron chi connectivity index (χ3n) is 3.13. The highest BCUT2D eigenvalue weighted by atomic mass is 32.2. The molecule has 0 saturated carbocycles. The second-order valence-electron chi connectivity index (χ2n) is 4.43. The second kappa shape index (κ2) is 5.73. The van der Waals surface area contributed by atoms with Crippen LogP contribution in [0.5, 0.6) is 0 Å². The van der Waals surface area contributed by atoms with E-state index < -0.39 is 11.7 Å². The van der Waals surface area contributed by atoms with E-state index in [1.54, 1.807) is 11.8 Å². The summed E-state index contributed by atoms with van der Waals surface area (Å²) in [4.78, 5) is 13.5. The quantitative estimate of drug-likeness (QED) is 0.601. The lowest BCUT2D eigenvalue weighted by molar-refractivity contribution is -0.175. The van der Waals surface area contributed by atoms with Gasteiger partial charge in [-0.05, 0) is 13.3 Å². The van der Waals surface area contributed by atoms with E-state index in [1.807, 2.05) is 0 Å². The summed E-state index contributed by atoms with van der Waals surface area (Å²) in [5, 5.41) is 10.5. The van der Waals surface area contributed by atoms with Gasteiger partial charge in [0.15, 0.2) is 0 Å². The van der Waals surface area contributed by atoms with Crippen molar-refractivity contribution < 1.29 is 19.4 Å². The molecule has 2 aliphatic rings. The first-order chi connectivity index (χ1) is 8.58. The number of rotatable bonds is 4. The number of ether oxygens (including phenoxy) is 2. The van der Waals surface area contributed by atoms with Crippen LogP contribution in [0.1, 0.15) is 13.3 Å². The predicted molar refractivity (Wildman–Crippen MR) is 72.3 cm³/mol. The number of carbonyl (C=O) groups excluding carboxylic acids is 1. The van der Waals surface area contributed by atoms with Gasteiger partial charge >= 0.3 is 5.97 Å². The van der Waals surface area contributed by atoms with Crippen molar-refractivity contribution in [1.29, 1.82) is 0 Å². The largest absolute Gasteiger partial charge is 0.462 e. The van der Waals surface area contributed by atoms with Crippen LogP contribution in [0.4, 0.5) is 0 Å². The molecule has 0 bridgehead atoms. The Labute approximate surface area is 116 Å². The number of aliphatic hydroxyl groups is 1. The summed E-state index contributed by atoms with van der Waals surface area (Å²) in [5.41, 5.74) is -1.61. The fraction of sp³-hybridized carbons (Fsp3) is 0.818. The average molecular weight is 291 g/mol. The van der Waals surface area contributed by atoms with E-state index in [0.29, 0.717) is 23.4 Å². The van der Waals surface area contributed by atoms with Gasteiger partial charge in [0.05, 0.1) is 19.0 Å². The van der Waals surface area contributed by atoms with E-state index in [-0.39, 0.29) is 12.4 Å². The number of carbonyl (C=O) groups is 1. The lowest BCUT2D eigenvalue weighted by atomic mass is 10.1. The van der Waals surface area contributed by atoms with Crippen LogP contribution in [0.2, 0.25) is 0 Å². The SMILES string of the molecule is CCOC(=O)C1(O)CSC(=S)N1CC1CCOC1. The Morgan fingerprint density at radius 2 is 2.56 bits per heavy atom. The molecule has 2 atom stereocenters. The molecule has 2 rings (SSSR count). The molecule has 2 heterocycles. The van der Waals surface area contributed by atoms with Crippen molar-refractivity contribution >= 4 is 34.3 Å². The van der Waals surface area contributed by atoms with Crippen LogP contribution in [-0.2, 0) is 14.3 Å². The molecule has 0 radical (unpaired) electrons. The van der Waals surface area contributed by atoms with Gasteiger partial charge in [-0.2, -0.15) is 0 Å². The molecule has 5 nitrogen and oxygen atoms in total. The molecule has 18 heavy (non-hydrogen) atoms. The van der Waals surface area contributed by atoms with Crippen LogP contribution in [-0.4, -0.2) is 58.1 Å². The highest BCUT2D eigenvalue weighted by Gasteiger charge is 2.50. The smallest absolute Gasteiger partial charge is 0.360 e. The highest BCUT2D eigenvalue weighted by Crippen LogP contribution is 2.34. The molecule has 0 amide bonds. The Balaban J connectivity index is 2.08. The van der Waals surface area contributed by atoms with Gasteiger partial charge in [-0.3, -0.25) is 0 Å². The first-order valence-corrected chi connectivity index (χ1v) is 7.39. The van der Waals surface area contributed by atoms with Gasteiger partial charge in [-0.15, -0.1) is 0 Å². The topological polar surface area (TPSA) is 59.0 Å². The maximum absolute atomic E-state index is 11.9. The molecule has 2 unspecified atom stereocenters. The van der Waals surface area contributed by atoms with Gasteiger partial charge in [-0.1, -0.05) is 24.0 Å². The Morgan fingerprint density at radius 3 is 3.17 bits per heavy atom. The summed E-state index contributed by atoms with van der Waals surface area (Å²) in [5.74, 6) is -0.0722. The predicted octanol–water partition coefficient (Wildman–Crippen LogP) is 0.608. The number of nitrogens with zero attached hydrogens (tertiary/aromatic N) is 1. The third kappa shape index (κ3) is 2.64. The molecule has 7 heteroatoms. The molecule has 2 aliphatic heterocycles. The summed E-state index contributed by atoms with van der Waals surface area (Å²) >= 11 is 6.52. The summed E-state index contributed by atoms with van der Waals surface area (Å²) in [6.07, 6.45) is 0.933. The summed E-state index contributed by atoms with van der Waals surface area (Å²) in [7, 11) is 0. The van der Waals surface area contributed by atoms with Crippen LogP contribution < -0.4 is 0 Å². The molecule has 102 valence electrons. The Kier molecular flexibility index (Phi) is 4.47. The van der Waals surface area contributed by atoms with Crippen molar-refractivity contribution in [2.45, 2.75) is 19.1 Å². The van der Waals surface area contributed by atoms with Crippen molar-refractivity contribution in [3.05, 3.63) is 0 Å². The zero-order valence-corrected chi connectivity index (χ0v) is 11.9. The van der Waals surface area contributed by atoms with E-state index in [4.69, 9.17) is 21.7 Å². The van der Waals surface area contributed by atoms with Crippen molar-refractivity contribution in [3.8, 4) is 0 Å². The zero-order chi connectivity index (χ0) is 13.2. The molecule has 2 fully saturated rings. The molecular weight excluding hydrogens is 274 g/mol. The minimum atomic E-state index is -1.61. The normalized spacial score (nSPS) is 32.0. The molecule has 2 saturated heterocycles. The molecule has 0 spiro atoms. The monoisotopic (exact) mass is 291 g/mol. The van der Waals surface area contributed by atoms with Crippen molar-refractivity contribution in [2.75, 3.05) is 32.1 Å². The zero-order valence-electron chi connectivity index (χ0n) is 10.3. The van der Waals surface area contributed by atoms with Gasteiger partial charge in [-0.25, -0.2) is 4.79 Å². The van der Waals surface area contributed by atoms with E-state index in [2.05, 4.69) is 0 Å². The number of esters is 1. The van der Waals surface area contributed by atoms with Crippen LogP contribution in [0, 0.1) is 5.92 Å². The average Bonchev–Trinajstić information content (AvgIpc) is 2.94. The van der Waals surface area contributed by atoms with E-state index in [0.717, 1.165) is 13.0 Å². The Morgan fingerprint density at radius 1 is 1.78 bits per heavy atom. The number of hydrogen-bond acceptors (Lipinski definition) is 6. The van der Waals surface area contributed by atoms with Crippen LogP contribution in [0.3, 0.4) is 0 Å². The van der Waals surface area contributed by atoms with Gasteiger partial charge in [0, 0.05) is 19.1 Å². The van der Waals surface area contributed by atoms with Crippen LogP contribution in [0.15, 0.2) is 0 Å². The second-order valence-corrected chi connectivity index (χ2v) is 6.04. The van der Waals surface area contributed by atoms with E-state index >= 15 is 0 Å². The Hall–Kier alpha value is -0.370. The minimum absolute atomic E-state index is 0.234. The molecule has 1 N–H and O–H groups in total. The van der Waals surface area contributed by atoms with Crippen molar-refractivity contribution in [1.82, 2.24) is 4.90 Å². The minimum Gasteiger partial charge on any atom is -0.462 e. The van der Waals surface area contributed by atoms with Gasteiger partial charge in [0.25, 0.3) is 0 Å². The van der Waals surface area contributed by atoms with Gasteiger partial charge in [0.1, 0.15) is 4.32 Å². The van der Waals surface area contributed by atoms with Crippen molar-refractivity contribution in [2.24, 2.45) is 5.92 Å². The van der Waals surface area contributed by atoms with Crippen molar-refractivity contribution in [3.63, 3.8) is 0 Å². The number of thiocarbonyl (C=S) groups is 1. The highest BCUT2D eigenvalue weighted by molar-refractivity contribution is 8.23. The summed E-state index contributed by atoms with van der Waals surface area (Å²) < 4.78 is 10.8. The van der Waals surface area contributed by atoms with Crippen LogP contribution in [0.25, 0.3) is 0 Å². The molecule has 0 aromatic rings. The van der Waals surface area contributed by atoms with E-state index in [9.17, 15) is 9.90 Å². The maximum atomic E-state index is 11.9. The van der Waals surface area contributed by atoms with Gasteiger partial charge in [0.2, 0.25) is 5.72 Å². The first kappa shape index (κ1) is 14.0. The lowest BCUT2D eigenvalue weighted by Gasteiger charge is -2.33. The first-order valence-electron chi connectivity index (χ1n) is 5.99. The molecule has 0 aliphatic carbocycles. The number of thioether (sulfide) groups is 1. The fourth-order valence-electron chi connectivity index (χ4n) is 2.10. The molecule has 0 aromatic heterocycles. The van der Waals surface area contributed by atoms with E-state index in [1.165, 1.54) is 11.8 Å². The lowest BCUT2D eigenvalue weighted by Crippen LogP contribution is -2.55. The molecular formula is C11H17NO4S2. The Bertz CT molecular complexity index is 346. The fourth-order valence-corrected chi connectivity index (χ4v) is 3.48. The third-order valence-corrected chi connectivity index (χ3v) is 4.72. The molecule has 0 aromatic carbocycles. The standard InChI is InChI=1S/C11H17NO4S2/c1-2-16-9(13)11(14)7-18-10(17)12(11)5-8-3-4-15-6-8/h8,14H,2-7H2,1H3.